The Morgan fingerprint density at radius 2 is 0.457 bits per heavy atom. The van der Waals surface area contributed by atoms with Crippen LogP contribution in [0.5, 0.6) is 0 Å². The summed E-state index contributed by atoms with van der Waals surface area (Å²) in [6.07, 6.45) is 89.7. The minimum Gasteiger partial charge on any atom is -0.462 e. The van der Waals surface area contributed by atoms with Gasteiger partial charge in [0.15, 0.2) is 6.10 Å². The van der Waals surface area contributed by atoms with Crippen LogP contribution in [0, 0.1) is 0 Å². The molecule has 0 spiro atoms. The molecule has 0 rings (SSSR count). The van der Waals surface area contributed by atoms with Crippen LogP contribution in [0.4, 0.5) is 0 Å². The predicted molar refractivity (Wildman–Crippen MR) is 353 cm³/mol. The van der Waals surface area contributed by atoms with Crippen molar-refractivity contribution < 1.29 is 28.6 Å². The summed E-state index contributed by atoms with van der Waals surface area (Å²) in [5.41, 5.74) is 0. The molecule has 1 atom stereocenters. The Balaban J connectivity index is 4.14. The first-order valence-electron chi connectivity index (χ1n) is 35.8. The maximum Gasteiger partial charge on any atom is 0.306 e. The van der Waals surface area contributed by atoms with Crippen LogP contribution in [-0.4, -0.2) is 37.2 Å². The maximum absolute atomic E-state index is 12.9. The fourth-order valence-corrected chi connectivity index (χ4v) is 10.6. The van der Waals surface area contributed by atoms with Crippen molar-refractivity contribution in [3.8, 4) is 0 Å². The standard InChI is InChI=1S/C75H136O6/c1-4-7-10-13-16-19-22-25-28-30-31-32-33-34-35-36-37-38-39-40-41-42-43-44-45-46-48-50-53-56-59-62-65-68-74(77)80-71-72(70-79-73(76)67-64-61-58-55-52-49-27-24-21-18-15-12-9-6-3)81-75(78)69-66-63-60-57-54-51-47-29-26-23-20-17-14-11-8-5-2/h15,18,22,24-25,27,30-31,33-34,72H,4-14,16-17,19-21,23,26,28-29,32,35-71H2,1-3H3/b18-15-,25-22-,27-24-,31-30-,34-33-. The summed E-state index contributed by atoms with van der Waals surface area (Å²) in [5, 5.41) is 0. The van der Waals surface area contributed by atoms with Crippen molar-refractivity contribution in [2.45, 2.75) is 386 Å². The SMILES string of the molecule is CCCC/C=C\C/C=C\CCCCCCCC(=O)OCC(COC(=O)CCCCCCCCCCCCCCCCCCCC/C=C\C/C=C\C/C=C\CCCCCCC)OC(=O)CCCCCCCCCCCCCCCCCC. The lowest BCUT2D eigenvalue weighted by molar-refractivity contribution is -0.167. The molecule has 0 fully saturated rings. The van der Waals surface area contributed by atoms with Gasteiger partial charge >= 0.3 is 17.9 Å². The Morgan fingerprint density at radius 3 is 0.728 bits per heavy atom. The molecule has 0 amide bonds. The number of esters is 3. The number of allylic oxidation sites excluding steroid dienone is 10. The van der Waals surface area contributed by atoms with Gasteiger partial charge in [-0.05, 0) is 83.5 Å². The van der Waals surface area contributed by atoms with Crippen molar-refractivity contribution in [1.82, 2.24) is 0 Å². The van der Waals surface area contributed by atoms with Gasteiger partial charge in [-0.3, -0.25) is 14.4 Å². The van der Waals surface area contributed by atoms with Gasteiger partial charge in [0.1, 0.15) is 13.2 Å². The van der Waals surface area contributed by atoms with E-state index >= 15 is 0 Å². The summed E-state index contributed by atoms with van der Waals surface area (Å²) >= 11 is 0. The van der Waals surface area contributed by atoms with Crippen molar-refractivity contribution in [3.05, 3.63) is 60.8 Å². The van der Waals surface area contributed by atoms with Crippen LogP contribution >= 0.6 is 0 Å². The molecule has 6 heteroatoms. The first kappa shape index (κ1) is 78.1. The van der Waals surface area contributed by atoms with Crippen molar-refractivity contribution >= 4 is 17.9 Å². The Labute approximate surface area is 504 Å². The third-order valence-electron chi connectivity index (χ3n) is 16.0. The first-order valence-corrected chi connectivity index (χ1v) is 35.8. The van der Waals surface area contributed by atoms with Crippen LogP contribution in [0.1, 0.15) is 380 Å². The summed E-state index contributed by atoms with van der Waals surface area (Å²) in [5.74, 6) is -0.863. The van der Waals surface area contributed by atoms with Gasteiger partial charge in [-0.2, -0.15) is 0 Å². The molecule has 472 valence electrons. The van der Waals surface area contributed by atoms with E-state index < -0.39 is 6.10 Å². The summed E-state index contributed by atoms with van der Waals surface area (Å²) in [6.45, 7) is 6.63. The highest BCUT2D eigenvalue weighted by Crippen LogP contribution is 2.18. The summed E-state index contributed by atoms with van der Waals surface area (Å²) < 4.78 is 17.0. The molecule has 81 heavy (non-hydrogen) atoms. The number of rotatable bonds is 66. The zero-order chi connectivity index (χ0) is 58.5. The molecule has 0 radical (unpaired) electrons. The van der Waals surface area contributed by atoms with Gasteiger partial charge in [0.2, 0.25) is 0 Å². The van der Waals surface area contributed by atoms with Gasteiger partial charge in [-0.1, -0.05) is 338 Å². The van der Waals surface area contributed by atoms with Crippen LogP contribution in [0.25, 0.3) is 0 Å². The van der Waals surface area contributed by atoms with E-state index in [4.69, 9.17) is 14.2 Å². The Hall–Kier alpha value is -2.89. The van der Waals surface area contributed by atoms with E-state index in [0.717, 1.165) is 89.9 Å². The molecule has 6 nitrogen and oxygen atoms in total. The number of carbonyl (C=O) groups excluding carboxylic acids is 3. The van der Waals surface area contributed by atoms with E-state index in [1.54, 1.807) is 0 Å². The monoisotopic (exact) mass is 1130 g/mol. The van der Waals surface area contributed by atoms with E-state index in [0.29, 0.717) is 19.3 Å². The number of hydrogen-bond donors (Lipinski definition) is 0. The zero-order valence-corrected chi connectivity index (χ0v) is 54.3. The van der Waals surface area contributed by atoms with Crippen LogP contribution in [-0.2, 0) is 28.6 Å². The Kier molecular flexibility index (Phi) is 67.1. The lowest BCUT2D eigenvalue weighted by Gasteiger charge is -2.18. The van der Waals surface area contributed by atoms with Crippen LogP contribution in [0.15, 0.2) is 60.8 Å². The minimum atomic E-state index is -0.777. The molecule has 0 aliphatic rings. The predicted octanol–water partition coefficient (Wildman–Crippen LogP) is 24.7. The molecule has 0 aromatic carbocycles. The number of carbonyl (C=O) groups is 3. The average Bonchev–Trinajstić information content (AvgIpc) is 3.47. The molecule has 0 N–H and O–H groups in total. The van der Waals surface area contributed by atoms with E-state index in [2.05, 4.69) is 81.5 Å². The average molecular weight is 1130 g/mol. The van der Waals surface area contributed by atoms with Crippen LogP contribution in [0.2, 0.25) is 0 Å². The third kappa shape index (κ3) is 67.8. The van der Waals surface area contributed by atoms with Gasteiger partial charge in [0, 0.05) is 19.3 Å². The second-order valence-electron chi connectivity index (χ2n) is 24.1. The van der Waals surface area contributed by atoms with Crippen molar-refractivity contribution in [2.24, 2.45) is 0 Å². The van der Waals surface area contributed by atoms with Crippen molar-refractivity contribution in [1.29, 1.82) is 0 Å². The molecule has 0 heterocycles. The highest BCUT2D eigenvalue weighted by Gasteiger charge is 2.19. The number of hydrogen-bond acceptors (Lipinski definition) is 6. The highest BCUT2D eigenvalue weighted by molar-refractivity contribution is 5.71. The van der Waals surface area contributed by atoms with Crippen molar-refractivity contribution in [2.75, 3.05) is 13.2 Å². The van der Waals surface area contributed by atoms with E-state index in [1.165, 1.54) is 250 Å². The fourth-order valence-electron chi connectivity index (χ4n) is 10.6. The topological polar surface area (TPSA) is 78.9 Å². The second kappa shape index (κ2) is 69.6. The molecule has 0 aromatic rings. The van der Waals surface area contributed by atoms with Gasteiger partial charge < -0.3 is 14.2 Å². The van der Waals surface area contributed by atoms with Crippen LogP contribution < -0.4 is 0 Å². The molecular weight excluding hydrogens is 997 g/mol. The molecule has 0 bridgehead atoms. The third-order valence-corrected chi connectivity index (χ3v) is 16.0. The van der Waals surface area contributed by atoms with Gasteiger partial charge in [-0.25, -0.2) is 0 Å². The van der Waals surface area contributed by atoms with Gasteiger partial charge in [0.05, 0.1) is 0 Å². The molecule has 0 aromatic heterocycles. The summed E-state index contributed by atoms with van der Waals surface area (Å²) in [7, 11) is 0. The van der Waals surface area contributed by atoms with E-state index in [1.807, 2.05) is 0 Å². The Bertz CT molecular complexity index is 1440. The largest absolute Gasteiger partial charge is 0.462 e. The molecule has 1 unspecified atom stereocenters. The Morgan fingerprint density at radius 1 is 0.247 bits per heavy atom. The van der Waals surface area contributed by atoms with Crippen LogP contribution in [0.3, 0.4) is 0 Å². The molecular formula is C75H136O6. The quantitative estimate of drug-likeness (QED) is 0.0261. The summed E-state index contributed by atoms with van der Waals surface area (Å²) in [6, 6.07) is 0. The normalized spacial score (nSPS) is 12.4. The molecule has 0 saturated carbocycles. The first-order chi connectivity index (χ1) is 40.0. The number of ether oxygens (including phenoxy) is 3. The highest BCUT2D eigenvalue weighted by atomic mass is 16.6. The molecule has 0 saturated heterocycles. The van der Waals surface area contributed by atoms with Gasteiger partial charge in [-0.15, -0.1) is 0 Å². The zero-order valence-electron chi connectivity index (χ0n) is 54.3. The molecule has 0 aliphatic heterocycles. The number of unbranched alkanes of at least 4 members (excludes halogenated alkanes) is 45. The minimum absolute atomic E-state index is 0.0735. The smallest absolute Gasteiger partial charge is 0.306 e. The second-order valence-corrected chi connectivity index (χ2v) is 24.1. The van der Waals surface area contributed by atoms with E-state index in [-0.39, 0.29) is 31.1 Å². The van der Waals surface area contributed by atoms with E-state index in [9.17, 15) is 14.4 Å². The van der Waals surface area contributed by atoms with Crippen molar-refractivity contribution in [3.63, 3.8) is 0 Å². The molecule has 0 aliphatic carbocycles. The lowest BCUT2D eigenvalue weighted by Crippen LogP contribution is -2.30. The fraction of sp³-hybridized carbons (Fsp3) is 0.827. The summed E-state index contributed by atoms with van der Waals surface area (Å²) in [4.78, 5) is 38.4. The van der Waals surface area contributed by atoms with Gasteiger partial charge in [0.25, 0.3) is 0 Å². The lowest BCUT2D eigenvalue weighted by atomic mass is 10.0. The maximum atomic E-state index is 12.9.